The quantitative estimate of drug-likeness (QED) is 0.562. The average molecular weight is 220 g/mol. The predicted molar refractivity (Wildman–Crippen MR) is 65.8 cm³/mol. The van der Waals surface area contributed by atoms with Crippen molar-refractivity contribution in [3.05, 3.63) is 55.4 Å². The maximum atomic E-state index is 4.22. The van der Waals surface area contributed by atoms with Gasteiger partial charge in [0.2, 0.25) is 0 Å². The fourth-order valence-corrected chi connectivity index (χ4v) is 1.62. The van der Waals surface area contributed by atoms with Crippen molar-refractivity contribution in [1.29, 1.82) is 0 Å². The van der Waals surface area contributed by atoms with Crippen molar-refractivity contribution < 1.29 is 0 Å². The summed E-state index contributed by atoms with van der Waals surface area (Å²) in [5.41, 5.74) is 0. The Morgan fingerprint density at radius 3 is 1.24 bits per heavy atom. The van der Waals surface area contributed by atoms with Crippen LogP contribution in [0.15, 0.2) is 55.4 Å². The summed E-state index contributed by atoms with van der Waals surface area (Å²) < 4.78 is 5.38. The van der Waals surface area contributed by atoms with E-state index in [1.54, 1.807) is 32.4 Å². The molecule has 0 aliphatic carbocycles. The summed E-state index contributed by atoms with van der Waals surface area (Å²) >= 11 is 0. The summed E-state index contributed by atoms with van der Waals surface area (Å²) in [6, 6.07) is 5.62. The molecule has 3 rings (SSSR count). The Balaban J connectivity index is 0.00000108. The standard InChI is InChI=1S/C9H9BN6.Li.H/c1-4-11-14(7-1)10(15-8-2-5-12-15)16-9-3-6-13-16;;/h1-9H;;. The van der Waals surface area contributed by atoms with Gasteiger partial charge in [-0.2, -0.15) is 15.3 Å². The molecule has 3 heterocycles. The zero-order chi connectivity index (χ0) is 10.8. The molecule has 0 bridgehead atoms. The first-order valence-electron chi connectivity index (χ1n) is 4.92. The minimum atomic E-state index is -0.194. The Hall–Kier alpha value is -1.71. The van der Waals surface area contributed by atoms with E-state index in [9.17, 15) is 0 Å². The first-order chi connectivity index (χ1) is 7.95. The third-order valence-corrected chi connectivity index (χ3v) is 2.28. The summed E-state index contributed by atoms with van der Waals surface area (Å²) in [7, 11) is -0.194. The van der Waals surface area contributed by atoms with Crippen molar-refractivity contribution in [2.45, 2.75) is 0 Å². The van der Waals surface area contributed by atoms with Gasteiger partial charge in [0, 0.05) is 37.2 Å². The number of aromatic nitrogens is 6. The summed E-state index contributed by atoms with van der Waals surface area (Å²) in [5, 5.41) is 12.7. The molecule has 0 aromatic carbocycles. The molecular weight excluding hydrogens is 210 g/mol. The summed E-state index contributed by atoms with van der Waals surface area (Å²) in [5.74, 6) is 0. The first kappa shape index (κ1) is 11.8. The summed E-state index contributed by atoms with van der Waals surface area (Å²) in [6.45, 7) is 0. The summed E-state index contributed by atoms with van der Waals surface area (Å²) in [6.07, 6.45) is 10.9. The molecule has 6 nitrogen and oxygen atoms in total. The second-order valence-electron chi connectivity index (χ2n) is 3.30. The SMILES string of the molecule is [LiH].c1cnn(B(n2cccn2)n2cccn2)c1. The fraction of sp³-hybridized carbons (Fsp3) is 0. The van der Waals surface area contributed by atoms with Crippen LogP contribution in [0.5, 0.6) is 0 Å². The van der Waals surface area contributed by atoms with Crippen LogP contribution >= 0.6 is 0 Å². The molecule has 3 aromatic heterocycles. The second kappa shape index (κ2) is 5.08. The second-order valence-corrected chi connectivity index (χ2v) is 3.30. The van der Waals surface area contributed by atoms with Crippen LogP contribution in [0.3, 0.4) is 0 Å². The Morgan fingerprint density at radius 1 is 0.647 bits per heavy atom. The van der Waals surface area contributed by atoms with Gasteiger partial charge >= 0.3 is 26.0 Å². The van der Waals surface area contributed by atoms with Gasteiger partial charge in [0.05, 0.1) is 0 Å². The van der Waals surface area contributed by atoms with Gasteiger partial charge in [-0.05, 0) is 18.2 Å². The van der Waals surface area contributed by atoms with Crippen molar-refractivity contribution >= 4 is 26.0 Å². The predicted octanol–water partition coefficient (Wildman–Crippen LogP) is -0.443. The molecule has 0 fully saturated rings. The number of hydrogen-bond acceptors (Lipinski definition) is 3. The van der Waals surface area contributed by atoms with E-state index in [0.717, 1.165) is 0 Å². The molecule has 0 aliphatic heterocycles. The Bertz CT molecular complexity index is 451. The molecule has 0 saturated carbocycles. The van der Waals surface area contributed by atoms with E-state index in [4.69, 9.17) is 0 Å². The molecule has 0 spiro atoms. The smallest absolute Gasteiger partial charge is 0.269 e. The molecule has 0 aliphatic rings. The fourth-order valence-electron chi connectivity index (χ4n) is 1.62. The van der Waals surface area contributed by atoms with Crippen LogP contribution in [0, 0.1) is 0 Å². The largest absolute Gasteiger partial charge is 0.568 e. The molecule has 17 heavy (non-hydrogen) atoms. The maximum Gasteiger partial charge on any atom is 0.568 e. The van der Waals surface area contributed by atoms with Crippen molar-refractivity contribution in [2.75, 3.05) is 0 Å². The van der Waals surface area contributed by atoms with Gasteiger partial charge < -0.3 is 0 Å². The van der Waals surface area contributed by atoms with E-state index in [-0.39, 0.29) is 26.0 Å². The van der Waals surface area contributed by atoms with Crippen LogP contribution in [0.1, 0.15) is 0 Å². The topological polar surface area (TPSA) is 53.5 Å². The van der Waals surface area contributed by atoms with Crippen LogP contribution in [0.25, 0.3) is 0 Å². The van der Waals surface area contributed by atoms with Crippen molar-refractivity contribution in [2.24, 2.45) is 0 Å². The van der Waals surface area contributed by atoms with E-state index in [2.05, 4.69) is 15.3 Å². The molecule has 0 atom stereocenters. The maximum absolute atomic E-state index is 4.22. The van der Waals surface area contributed by atoms with Gasteiger partial charge in [-0.25, -0.2) is 0 Å². The van der Waals surface area contributed by atoms with Crippen LogP contribution in [-0.2, 0) is 0 Å². The average Bonchev–Trinajstić information content (AvgIpc) is 3.02. The van der Waals surface area contributed by atoms with E-state index in [0.29, 0.717) is 0 Å². The molecule has 0 saturated heterocycles. The van der Waals surface area contributed by atoms with E-state index in [1.165, 1.54) is 0 Å². The third kappa shape index (κ3) is 2.21. The summed E-state index contributed by atoms with van der Waals surface area (Å²) in [4.78, 5) is 0. The zero-order valence-corrected chi connectivity index (χ0v) is 8.46. The number of nitrogens with zero attached hydrogens (tertiary/aromatic N) is 6. The van der Waals surface area contributed by atoms with Crippen LogP contribution < -0.4 is 0 Å². The Kier molecular flexibility index (Phi) is 3.52. The van der Waals surface area contributed by atoms with Crippen molar-refractivity contribution in [3.8, 4) is 0 Å². The van der Waals surface area contributed by atoms with Gasteiger partial charge in [-0.3, -0.25) is 13.8 Å². The van der Waals surface area contributed by atoms with Crippen LogP contribution in [0.4, 0.5) is 0 Å². The van der Waals surface area contributed by atoms with Gasteiger partial charge in [0.15, 0.2) is 0 Å². The monoisotopic (exact) mass is 220 g/mol. The van der Waals surface area contributed by atoms with Gasteiger partial charge in [0.1, 0.15) is 0 Å². The Morgan fingerprint density at radius 2 is 1.00 bits per heavy atom. The van der Waals surface area contributed by atoms with Crippen LogP contribution in [-0.4, -0.2) is 55.1 Å². The number of rotatable bonds is 3. The zero-order valence-electron chi connectivity index (χ0n) is 8.46. The molecule has 80 valence electrons. The molecule has 3 aromatic rings. The number of hydrogen-bond donors (Lipinski definition) is 0. The molecule has 0 N–H and O–H groups in total. The van der Waals surface area contributed by atoms with E-state index in [1.807, 2.05) is 36.8 Å². The van der Waals surface area contributed by atoms with Crippen molar-refractivity contribution in [3.63, 3.8) is 0 Å². The minimum absolute atomic E-state index is 0. The molecule has 8 heteroatoms. The molecule has 0 unspecified atom stereocenters. The van der Waals surface area contributed by atoms with Gasteiger partial charge in [-0.15, -0.1) is 0 Å². The van der Waals surface area contributed by atoms with Gasteiger partial charge in [-0.1, -0.05) is 0 Å². The van der Waals surface area contributed by atoms with E-state index >= 15 is 0 Å². The minimum Gasteiger partial charge on any atom is -0.269 e. The Labute approximate surface area is 111 Å². The molecule has 0 radical (unpaired) electrons. The molecular formula is C9H10BLiN6. The third-order valence-electron chi connectivity index (χ3n) is 2.28. The van der Waals surface area contributed by atoms with Crippen LogP contribution in [0.2, 0.25) is 0 Å². The van der Waals surface area contributed by atoms with Crippen molar-refractivity contribution in [1.82, 2.24) is 29.1 Å². The first-order valence-corrected chi connectivity index (χ1v) is 4.92. The molecule has 0 amide bonds. The van der Waals surface area contributed by atoms with Gasteiger partial charge in [0.25, 0.3) is 0 Å². The normalized spacial score (nSPS) is 9.88. The van der Waals surface area contributed by atoms with E-state index < -0.39 is 0 Å².